The number of aliphatic hydroxyl groups excluding tert-OH is 1. The Kier molecular flexibility index (Phi) is 16.2. The van der Waals surface area contributed by atoms with E-state index in [9.17, 15) is 14.7 Å². The van der Waals surface area contributed by atoms with Crippen LogP contribution in [0.4, 0.5) is 0 Å². The van der Waals surface area contributed by atoms with Crippen LogP contribution in [0.5, 0.6) is 0 Å². The third-order valence-corrected chi connectivity index (χ3v) is 14.9. The number of aliphatic hydroxyl groups is 1. The molecule has 0 radical (unpaired) electrons. The first-order chi connectivity index (χ1) is 30.6. The quantitative estimate of drug-likeness (QED) is 0.0388. The van der Waals surface area contributed by atoms with Gasteiger partial charge in [0.25, 0.3) is 5.95 Å². The zero-order valence-electron chi connectivity index (χ0n) is 40.9. The molecule has 0 spiro atoms. The lowest BCUT2D eigenvalue weighted by atomic mass is 9.81. The summed E-state index contributed by atoms with van der Waals surface area (Å²) in [5.74, 6) is -0.358. The monoisotopic (exact) mass is 875 g/mol. The van der Waals surface area contributed by atoms with Gasteiger partial charge in [-0.3, -0.25) is 9.59 Å². The number of aromatic nitrogens is 2. The van der Waals surface area contributed by atoms with Crippen LogP contribution >= 0.6 is 0 Å². The molecule has 3 aliphatic heterocycles. The van der Waals surface area contributed by atoms with Crippen LogP contribution in [-0.4, -0.2) is 46.6 Å². The summed E-state index contributed by atoms with van der Waals surface area (Å²) in [6.45, 7) is 26.6. The molecule has 1 fully saturated rings. The second-order valence-corrected chi connectivity index (χ2v) is 19.9. The molecule has 5 N–H and O–H groups in total. The molecule has 8 bridgehead atoms. The number of esters is 1. The lowest BCUT2D eigenvalue weighted by molar-refractivity contribution is -0.147. The fourth-order valence-corrected chi connectivity index (χ4v) is 10.8. The van der Waals surface area contributed by atoms with Gasteiger partial charge in [-0.15, -0.1) is 0 Å². The van der Waals surface area contributed by atoms with E-state index in [4.69, 9.17) is 9.47 Å². The van der Waals surface area contributed by atoms with Crippen molar-refractivity contribution in [2.45, 2.75) is 146 Å². The lowest BCUT2D eigenvalue weighted by Gasteiger charge is -2.26. The highest BCUT2D eigenvalue weighted by Gasteiger charge is 2.54. The molecule has 0 aromatic carbocycles. The molecule has 9 nitrogen and oxygen atoms in total. The highest BCUT2D eigenvalue weighted by atomic mass is 16.6. The maximum Gasteiger partial charge on any atom is 0.320 e. The normalized spacial score (nSPS) is 24.7. The average molecular weight is 875 g/mol. The molecule has 348 valence electrons. The Bertz CT molecular complexity index is 2350. The first-order valence-electron chi connectivity index (χ1n) is 24.3. The number of nitrogens with one attached hydrogen (secondary N) is 4. The smallest absolute Gasteiger partial charge is 0.320 e. The van der Waals surface area contributed by atoms with Crippen molar-refractivity contribution in [3.63, 3.8) is 0 Å². The van der Waals surface area contributed by atoms with Gasteiger partial charge in [0.05, 0.1) is 19.1 Å². The Labute approximate surface area is 383 Å². The molecular weight excluding hydrogens is 797 g/mol. The van der Waals surface area contributed by atoms with Gasteiger partial charge in [-0.2, -0.15) is 0 Å². The number of carbonyl (C=O) groups is 2. The maximum atomic E-state index is 14.5. The van der Waals surface area contributed by atoms with Crippen molar-refractivity contribution in [2.24, 2.45) is 41.4 Å². The van der Waals surface area contributed by atoms with Gasteiger partial charge in [0, 0.05) is 50.7 Å². The number of allylic oxidation sites excluding steroid dienone is 5. The zero-order valence-corrected chi connectivity index (χ0v) is 40.9. The number of hydrogen-bond donors (Lipinski definition) is 5. The van der Waals surface area contributed by atoms with E-state index in [-0.39, 0.29) is 30.2 Å². The second-order valence-electron chi connectivity index (χ2n) is 19.9. The number of fused-ring (bicyclic) bond motifs is 8. The fourth-order valence-electron chi connectivity index (χ4n) is 10.8. The van der Waals surface area contributed by atoms with Crippen molar-refractivity contribution in [3.05, 3.63) is 103 Å². The maximum absolute atomic E-state index is 14.5. The first-order valence-corrected chi connectivity index (χ1v) is 24.3. The molecule has 6 rings (SSSR count). The molecule has 9 heteroatoms. The molecule has 0 saturated carbocycles. The molecule has 0 amide bonds. The highest BCUT2D eigenvalue weighted by Crippen LogP contribution is 2.49. The standard InChI is InChI=1S/C55H78N4O5/c1-13-39-35(8)42-28-44-37(10)41(24-25-48(60)64-27-26-34(7)23-17-22-33(6)21-16-20-32(5)19-15-18-31(3)4)52(58-44)50-51(55(62)63-12)54(61)49-38(11)45(59-53(49)50)30-47-40(14-2)36(9)43(57-47)29-46(39)56-42/h13,25-26,28-33,37,41,49,51-52,56-60H,1,14-24,27H2,2-12H3/b34-26+,43-29-,44-28-,47-30-,48-25+/t32-,33-,37+,41+,49-,51-,52?/m1/s1. The van der Waals surface area contributed by atoms with Gasteiger partial charge in [0.1, 0.15) is 12.5 Å². The summed E-state index contributed by atoms with van der Waals surface area (Å²) in [4.78, 5) is 35.5. The van der Waals surface area contributed by atoms with Gasteiger partial charge >= 0.3 is 5.97 Å². The number of H-pyrrole nitrogens is 2. The predicted molar refractivity (Wildman–Crippen MR) is 262 cm³/mol. The summed E-state index contributed by atoms with van der Waals surface area (Å²) in [5, 5.41) is 20.6. The molecule has 2 aromatic rings. The van der Waals surface area contributed by atoms with Gasteiger partial charge < -0.3 is 35.2 Å². The molecule has 64 heavy (non-hydrogen) atoms. The van der Waals surface area contributed by atoms with E-state index in [1.165, 1.54) is 68.8 Å². The van der Waals surface area contributed by atoms with E-state index in [2.05, 4.69) is 114 Å². The minimum absolute atomic E-state index is 0.0448. The summed E-state index contributed by atoms with van der Waals surface area (Å²) in [6, 6.07) is -0.417. The second kappa shape index (κ2) is 21.4. The number of carbonyl (C=O) groups excluding carboxylic acids is 2. The highest BCUT2D eigenvalue weighted by molar-refractivity contribution is 6.09. The van der Waals surface area contributed by atoms with E-state index < -0.39 is 23.8 Å². The van der Waals surface area contributed by atoms with Crippen molar-refractivity contribution in [1.82, 2.24) is 20.6 Å². The van der Waals surface area contributed by atoms with Crippen LogP contribution in [-0.2, 0) is 25.5 Å². The predicted octanol–water partition coefficient (Wildman–Crippen LogP) is 10.7. The Morgan fingerprint density at radius 3 is 2.25 bits per heavy atom. The Hall–Kier alpha value is -4.92. The Morgan fingerprint density at radius 2 is 1.59 bits per heavy atom. The van der Waals surface area contributed by atoms with Gasteiger partial charge in [0.15, 0.2) is 5.78 Å². The van der Waals surface area contributed by atoms with Gasteiger partial charge in [-0.05, 0) is 135 Å². The van der Waals surface area contributed by atoms with Gasteiger partial charge in [-0.25, -0.2) is 0 Å². The van der Waals surface area contributed by atoms with E-state index in [1.807, 2.05) is 13.0 Å². The first kappa shape index (κ1) is 48.5. The Morgan fingerprint density at radius 1 is 0.906 bits per heavy atom. The van der Waals surface area contributed by atoms with Crippen LogP contribution in [0.15, 0.2) is 58.5 Å². The number of Topliss-reactive ketones (excluding diaryl/α,β-unsaturated/α-hetero) is 1. The molecule has 5 heterocycles. The largest absolute Gasteiger partial charge is 0.481 e. The minimum Gasteiger partial charge on any atom is -0.481 e. The number of hydrogen-bond acceptors (Lipinski definition) is 7. The molecule has 1 aliphatic carbocycles. The van der Waals surface area contributed by atoms with E-state index in [0.717, 1.165) is 92.9 Å². The fraction of sp³-hybridized carbons (Fsp3) is 0.564. The lowest BCUT2D eigenvalue weighted by Crippen LogP contribution is -2.37. The average Bonchev–Trinajstić information content (AvgIpc) is 3.99. The van der Waals surface area contributed by atoms with Crippen molar-refractivity contribution in [2.75, 3.05) is 13.7 Å². The zero-order chi connectivity index (χ0) is 46.4. The topological polar surface area (TPSA) is 128 Å². The van der Waals surface area contributed by atoms with Crippen LogP contribution < -0.4 is 21.3 Å². The van der Waals surface area contributed by atoms with Crippen LogP contribution in [0.2, 0.25) is 0 Å². The molecular formula is C55H78N4O5. The summed E-state index contributed by atoms with van der Waals surface area (Å²) >= 11 is 0. The van der Waals surface area contributed by atoms with E-state index in [0.29, 0.717) is 12.0 Å². The number of ketones is 1. The van der Waals surface area contributed by atoms with Gasteiger partial charge in [0.2, 0.25) is 0 Å². The molecule has 7 atom stereocenters. The number of rotatable bonds is 20. The van der Waals surface area contributed by atoms with Crippen molar-refractivity contribution in [1.29, 1.82) is 0 Å². The summed E-state index contributed by atoms with van der Waals surface area (Å²) in [6.07, 6.45) is 24.8. The van der Waals surface area contributed by atoms with Crippen LogP contribution in [0.3, 0.4) is 0 Å². The Balaban J connectivity index is 1.21. The van der Waals surface area contributed by atoms with Crippen molar-refractivity contribution in [3.8, 4) is 0 Å². The molecule has 1 saturated heterocycles. The number of aromatic amines is 2. The van der Waals surface area contributed by atoms with Crippen LogP contribution in [0.1, 0.15) is 153 Å². The van der Waals surface area contributed by atoms with Gasteiger partial charge in [-0.1, -0.05) is 105 Å². The van der Waals surface area contributed by atoms with E-state index in [1.54, 1.807) is 6.08 Å². The van der Waals surface area contributed by atoms with E-state index >= 15 is 0 Å². The number of methoxy groups -OCH3 is 1. The third kappa shape index (κ3) is 10.6. The molecule has 1 unspecified atom stereocenters. The van der Waals surface area contributed by atoms with Crippen molar-refractivity contribution < 1.29 is 24.2 Å². The summed E-state index contributed by atoms with van der Waals surface area (Å²) in [7, 11) is 1.35. The van der Waals surface area contributed by atoms with Crippen LogP contribution in [0.25, 0.3) is 24.3 Å². The molecule has 4 aliphatic rings. The van der Waals surface area contributed by atoms with Crippen LogP contribution in [0, 0.1) is 55.3 Å². The minimum atomic E-state index is -1.07. The summed E-state index contributed by atoms with van der Waals surface area (Å²) in [5.41, 5.74) is 11.8. The van der Waals surface area contributed by atoms with Crippen molar-refractivity contribution >= 4 is 36.1 Å². The summed E-state index contributed by atoms with van der Waals surface area (Å²) < 4.78 is 11.2. The number of ether oxygens (including phenoxy) is 2. The molecule has 2 aromatic heterocycles. The SMILES string of the molecule is C=Cc1c2[nH]c(c1C)/C=C1\NC(C3=C4NC(=C(C)[C@H]4C(=O)[C@@H]3C(=O)OC)/C=c3\[nH]/c(c(C)c3CC)=C\2)[C@@H](C/C=C(\O)OC/C=C(\C)CCC[C@H](C)CCC[C@H](C)CCCC(C)C)[C@@H]1C. The third-order valence-electron chi connectivity index (χ3n) is 14.9.